The highest BCUT2D eigenvalue weighted by Gasteiger charge is 2.33. The van der Waals surface area contributed by atoms with Crippen LogP contribution in [0.25, 0.3) is 0 Å². The maximum absolute atomic E-state index is 12.6. The van der Waals surface area contributed by atoms with E-state index >= 15 is 0 Å². The molecule has 3 N–H and O–H groups in total. The molecule has 4 nitrogen and oxygen atoms in total. The Morgan fingerprint density at radius 3 is 2.75 bits per heavy atom. The zero-order valence-electron chi connectivity index (χ0n) is 12.3. The summed E-state index contributed by atoms with van der Waals surface area (Å²) in [7, 11) is 0. The van der Waals surface area contributed by atoms with Gasteiger partial charge in [0, 0.05) is 12.1 Å². The van der Waals surface area contributed by atoms with Crippen LogP contribution >= 0.6 is 0 Å². The molecule has 0 saturated carbocycles. The molecule has 1 aromatic rings. The summed E-state index contributed by atoms with van der Waals surface area (Å²) in [5.74, 6) is 0.754. The Balaban J connectivity index is 2.19. The number of hydrogen-bond acceptors (Lipinski definition) is 3. The van der Waals surface area contributed by atoms with E-state index in [1.807, 2.05) is 24.3 Å². The topological polar surface area (TPSA) is 64.3 Å². The Kier molecular flexibility index (Phi) is 4.65. The van der Waals surface area contributed by atoms with Gasteiger partial charge in [-0.2, -0.15) is 0 Å². The molecule has 1 unspecified atom stereocenters. The highest BCUT2D eigenvalue weighted by molar-refractivity contribution is 5.85. The van der Waals surface area contributed by atoms with Crippen LogP contribution in [0.4, 0.5) is 0 Å². The molecule has 0 radical (unpaired) electrons. The predicted octanol–water partition coefficient (Wildman–Crippen LogP) is 2.19. The number of carbonyl (C=O) groups is 1. The Hall–Kier alpha value is -1.55. The number of amides is 1. The maximum atomic E-state index is 12.6. The van der Waals surface area contributed by atoms with E-state index in [4.69, 9.17) is 10.5 Å². The highest BCUT2D eigenvalue weighted by Crippen LogP contribution is 2.34. The van der Waals surface area contributed by atoms with Crippen molar-refractivity contribution < 1.29 is 9.53 Å². The van der Waals surface area contributed by atoms with E-state index in [9.17, 15) is 4.79 Å². The molecule has 0 fully saturated rings. The smallest absolute Gasteiger partial charge is 0.228 e. The fourth-order valence-corrected chi connectivity index (χ4v) is 2.73. The lowest BCUT2D eigenvalue weighted by atomic mass is 9.88. The van der Waals surface area contributed by atoms with Gasteiger partial charge in [0.05, 0.1) is 18.1 Å². The third-order valence-corrected chi connectivity index (χ3v) is 4.41. The third-order valence-electron chi connectivity index (χ3n) is 4.41. The van der Waals surface area contributed by atoms with E-state index in [1.54, 1.807) is 0 Å². The summed E-state index contributed by atoms with van der Waals surface area (Å²) >= 11 is 0. The van der Waals surface area contributed by atoms with E-state index in [2.05, 4.69) is 19.2 Å². The minimum Gasteiger partial charge on any atom is -0.493 e. The molecule has 1 atom stereocenters. The van der Waals surface area contributed by atoms with Gasteiger partial charge in [0.1, 0.15) is 5.75 Å². The summed E-state index contributed by atoms with van der Waals surface area (Å²) in [5, 5.41) is 3.17. The Bertz CT molecular complexity index is 461. The fraction of sp³-hybridized carbons (Fsp3) is 0.562. The van der Waals surface area contributed by atoms with E-state index in [0.29, 0.717) is 13.2 Å². The molecule has 0 bridgehead atoms. The Labute approximate surface area is 120 Å². The summed E-state index contributed by atoms with van der Waals surface area (Å²) in [6, 6.07) is 7.77. The van der Waals surface area contributed by atoms with Crippen molar-refractivity contribution in [3.8, 4) is 5.75 Å². The second kappa shape index (κ2) is 6.27. The van der Waals surface area contributed by atoms with Crippen molar-refractivity contribution in [1.29, 1.82) is 0 Å². The van der Waals surface area contributed by atoms with E-state index in [-0.39, 0.29) is 17.4 Å². The van der Waals surface area contributed by atoms with Crippen molar-refractivity contribution in [3.05, 3.63) is 29.8 Å². The third kappa shape index (κ3) is 2.80. The van der Waals surface area contributed by atoms with Gasteiger partial charge < -0.3 is 15.8 Å². The van der Waals surface area contributed by atoms with Crippen molar-refractivity contribution in [2.24, 2.45) is 5.73 Å². The maximum Gasteiger partial charge on any atom is 0.228 e. The van der Waals surface area contributed by atoms with Crippen LogP contribution in [-0.4, -0.2) is 24.6 Å². The summed E-state index contributed by atoms with van der Waals surface area (Å²) < 4.78 is 5.61. The van der Waals surface area contributed by atoms with Gasteiger partial charge in [0.15, 0.2) is 0 Å². The van der Waals surface area contributed by atoms with Gasteiger partial charge in [-0.15, -0.1) is 0 Å². The largest absolute Gasteiger partial charge is 0.493 e. The monoisotopic (exact) mass is 276 g/mol. The molecule has 0 saturated heterocycles. The van der Waals surface area contributed by atoms with Crippen molar-refractivity contribution in [2.75, 3.05) is 13.2 Å². The average molecular weight is 276 g/mol. The minimum atomic E-state index is -0.287. The van der Waals surface area contributed by atoms with Gasteiger partial charge in [0.25, 0.3) is 0 Å². The zero-order chi connectivity index (χ0) is 14.6. The standard InChI is InChI=1S/C16H24N2O2/c1-3-16(4-2,11-17)18-15(19)13-9-10-20-14-8-6-5-7-12(13)14/h5-8,13H,3-4,9-11,17H2,1-2H3,(H,18,19). The van der Waals surface area contributed by atoms with E-state index < -0.39 is 0 Å². The number of fused-ring (bicyclic) bond motifs is 1. The summed E-state index contributed by atoms with van der Waals surface area (Å²) in [6.45, 7) is 5.18. The second-order valence-electron chi connectivity index (χ2n) is 5.41. The lowest BCUT2D eigenvalue weighted by Gasteiger charge is -2.34. The van der Waals surface area contributed by atoms with Crippen LogP contribution in [0.2, 0.25) is 0 Å². The summed E-state index contributed by atoms with van der Waals surface area (Å²) in [6.07, 6.45) is 2.41. The van der Waals surface area contributed by atoms with Crippen LogP contribution in [0, 0.1) is 0 Å². The van der Waals surface area contributed by atoms with Crippen LogP contribution in [0.3, 0.4) is 0 Å². The van der Waals surface area contributed by atoms with Gasteiger partial charge in [-0.1, -0.05) is 32.0 Å². The number of para-hydroxylation sites is 1. The van der Waals surface area contributed by atoms with Gasteiger partial charge in [-0.3, -0.25) is 4.79 Å². The molecule has 20 heavy (non-hydrogen) atoms. The molecule has 4 heteroatoms. The number of rotatable bonds is 5. The molecule has 1 amide bonds. The van der Waals surface area contributed by atoms with Crippen LogP contribution < -0.4 is 15.8 Å². The molecular weight excluding hydrogens is 252 g/mol. The first-order chi connectivity index (χ1) is 9.65. The summed E-state index contributed by atoms with van der Waals surface area (Å²) in [4.78, 5) is 12.6. The highest BCUT2D eigenvalue weighted by atomic mass is 16.5. The molecule has 0 aromatic heterocycles. The van der Waals surface area contributed by atoms with E-state index in [1.165, 1.54) is 0 Å². The lowest BCUT2D eigenvalue weighted by molar-refractivity contribution is -0.125. The Morgan fingerprint density at radius 1 is 1.40 bits per heavy atom. The molecule has 0 spiro atoms. The molecule has 1 aliphatic rings. The molecule has 1 aliphatic heterocycles. The van der Waals surface area contributed by atoms with Gasteiger partial charge in [0.2, 0.25) is 5.91 Å². The van der Waals surface area contributed by atoms with E-state index in [0.717, 1.165) is 30.6 Å². The van der Waals surface area contributed by atoms with Gasteiger partial charge in [-0.05, 0) is 25.3 Å². The fourth-order valence-electron chi connectivity index (χ4n) is 2.73. The van der Waals surface area contributed by atoms with Crippen molar-refractivity contribution >= 4 is 5.91 Å². The molecule has 0 aliphatic carbocycles. The average Bonchev–Trinajstić information content (AvgIpc) is 2.52. The Morgan fingerprint density at radius 2 is 2.10 bits per heavy atom. The van der Waals surface area contributed by atoms with Crippen molar-refractivity contribution in [1.82, 2.24) is 5.32 Å². The van der Waals surface area contributed by atoms with Crippen molar-refractivity contribution in [3.63, 3.8) is 0 Å². The van der Waals surface area contributed by atoms with Crippen LogP contribution in [-0.2, 0) is 4.79 Å². The summed E-state index contributed by atoms with van der Waals surface area (Å²) in [5.41, 5.74) is 6.56. The number of nitrogens with two attached hydrogens (primary N) is 1. The van der Waals surface area contributed by atoms with Crippen LogP contribution in [0.1, 0.15) is 44.6 Å². The second-order valence-corrected chi connectivity index (χ2v) is 5.41. The lowest BCUT2D eigenvalue weighted by Crippen LogP contribution is -2.54. The zero-order valence-corrected chi connectivity index (χ0v) is 12.3. The molecule has 2 rings (SSSR count). The number of hydrogen-bond donors (Lipinski definition) is 2. The number of carbonyl (C=O) groups excluding carboxylic acids is 1. The van der Waals surface area contributed by atoms with Gasteiger partial charge in [-0.25, -0.2) is 0 Å². The molecule has 110 valence electrons. The first-order valence-corrected chi connectivity index (χ1v) is 7.39. The normalized spacial score (nSPS) is 18.1. The number of benzene rings is 1. The van der Waals surface area contributed by atoms with Crippen LogP contribution in [0.5, 0.6) is 5.75 Å². The van der Waals surface area contributed by atoms with Gasteiger partial charge >= 0.3 is 0 Å². The number of ether oxygens (including phenoxy) is 1. The SMILES string of the molecule is CCC(CC)(CN)NC(=O)C1CCOc2ccccc21. The predicted molar refractivity (Wildman–Crippen MR) is 79.8 cm³/mol. The minimum absolute atomic E-state index is 0.0647. The van der Waals surface area contributed by atoms with Crippen molar-refractivity contribution in [2.45, 2.75) is 44.6 Å². The first kappa shape index (κ1) is 14.9. The molecule has 1 heterocycles. The first-order valence-electron chi connectivity index (χ1n) is 7.39. The van der Waals surface area contributed by atoms with Crippen LogP contribution in [0.15, 0.2) is 24.3 Å². The molecular formula is C16H24N2O2. The molecule has 1 aromatic carbocycles. The quantitative estimate of drug-likeness (QED) is 0.866. The number of nitrogens with one attached hydrogen (secondary N) is 1.